The van der Waals surface area contributed by atoms with Gasteiger partial charge < -0.3 is 15.3 Å². The summed E-state index contributed by atoms with van der Waals surface area (Å²) < 4.78 is 0. The zero-order chi connectivity index (χ0) is 21.2. The minimum Gasteiger partial charge on any atom is -0.391 e. The van der Waals surface area contributed by atoms with Crippen molar-refractivity contribution in [3.8, 4) is 0 Å². The van der Waals surface area contributed by atoms with Gasteiger partial charge in [0, 0.05) is 48.1 Å². The van der Waals surface area contributed by atoms with Crippen LogP contribution in [0.2, 0.25) is 0 Å². The third kappa shape index (κ3) is 4.82. The number of amides is 2. The van der Waals surface area contributed by atoms with Crippen LogP contribution in [0.15, 0.2) is 42.7 Å². The highest BCUT2D eigenvalue weighted by Gasteiger charge is 2.35. The van der Waals surface area contributed by atoms with E-state index in [1.54, 1.807) is 35.5 Å². The number of nitrogens with one attached hydrogen (secondary N) is 1. The zero-order valence-corrected chi connectivity index (χ0v) is 17.5. The lowest BCUT2D eigenvalue weighted by molar-refractivity contribution is -0.123. The van der Waals surface area contributed by atoms with E-state index >= 15 is 0 Å². The molecule has 0 saturated carbocycles. The van der Waals surface area contributed by atoms with Crippen LogP contribution in [0.25, 0.3) is 0 Å². The van der Waals surface area contributed by atoms with Crippen molar-refractivity contribution in [3.63, 3.8) is 0 Å². The van der Waals surface area contributed by atoms with Gasteiger partial charge in [-0.2, -0.15) is 0 Å². The Kier molecular flexibility index (Phi) is 6.03. The summed E-state index contributed by atoms with van der Waals surface area (Å²) in [5.41, 5.74) is 2.51. The summed E-state index contributed by atoms with van der Waals surface area (Å²) in [6, 6.07) is 9.22. The first-order valence-corrected chi connectivity index (χ1v) is 9.94. The number of carbonyl (C=O) groups excluding carboxylic acids is 2. The number of benzene rings is 1. The minimum atomic E-state index is -0.559. The van der Waals surface area contributed by atoms with Gasteiger partial charge in [0.1, 0.15) is 0 Å². The van der Waals surface area contributed by atoms with E-state index in [9.17, 15) is 14.7 Å². The molecule has 1 aliphatic rings. The monoisotopic (exact) mass is 395 g/mol. The van der Waals surface area contributed by atoms with E-state index in [2.05, 4.69) is 10.3 Å². The Morgan fingerprint density at radius 2 is 1.86 bits per heavy atom. The molecule has 2 aromatic rings. The Labute approximate surface area is 172 Å². The first-order chi connectivity index (χ1) is 13.7. The topological polar surface area (TPSA) is 82.5 Å². The molecule has 0 spiro atoms. The molecular weight excluding hydrogens is 366 g/mol. The average Bonchev–Trinajstić information content (AvgIpc) is 3.03. The number of carbonyl (C=O) groups is 2. The maximum absolute atomic E-state index is 13.1. The minimum absolute atomic E-state index is 0.00886. The van der Waals surface area contributed by atoms with Crippen LogP contribution in [0.3, 0.4) is 0 Å². The summed E-state index contributed by atoms with van der Waals surface area (Å²) >= 11 is 0. The molecule has 1 aromatic carbocycles. The van der Waals surface area contributed by atoms with Gasteiger partial charge in [-0.15, -0.1) is 0 Å². The summed E-state index contributed by atoms with van der Waals surface area (Å²) in [6.45, 7) is 8.20. The van der Waals surface area contributed by atoms with Gasteiger partial charge in [0.15, 0.2) is 0 Å². The number of β-amino-alcohol motifs (C(OH)–C–C–N with tert-alkyl or cyclic N) is 1. The molecule has 0 aliphatic carbocycles. The van der Waals surface area contributed by atoms with Crippen LogP contribution in [0.5, 0.6) is 0 Å². The average molecular weight is 396 g/mol. The molecule has 2 heterocycles. The van der Waals surface area contributed by atoms with Crippen LogP contribution >= 0.6 is 0 Å². The van der Waals surface area contributed by atoms with Gasteiger partial charge in [-0.25, -0.2) is 0 Å². The van der Waals surface area contributed by atoms with Crippen molar-refractivity contribution in [1.82, 2.24) is 9.88 Å². The Bertz CT molecular complexity index is 890. The predicted octanol–water partition coefficient (Wildman–Crippen LogP) is 3.05. The van der Waals surface area contributed by atoms with Crippen molar-refractivity contribution in [2.45, 2.75) is 40.2 Å². The van der Waals surface area contributed by atoms with Gasteiger partial charge >= 0.3 is 0 Å². The highest BCUT2D eigenvalue weighted by atomic mass is 16.3. The van der Waals surface area contributed by atoms with E-state index in [1.807, 2.05) is 39.8 Å². The first-order valence-electron chi connectivity index (χ1n) is 9.94. The van der Waals surface area contributed by atoms with E-state index in [-0.39, 0.29) is 17.7 Å². The molecule has 3 rings (SSSR count). The quantitative estimate of drug-likeness (QED) is 0.834. The Hall–Kier alpha value is -2.73. The highest BCUT2D eigenvalue weighted by molar-refractivity contribution is 6.00. The van der Waals surface area contributed by atoms with Gasteiger partial charge in [0.05, 0.1) is 6.10 Å². The van der Waals surface area contributed by atoms with E-state index in [1.165, 1.54) is 0 Å². The standard InChI is InChI=1S/C23H29N3O3/c1-15-18(6-5-7-19(15)25-22(29)23(2,3)4)21(28)26-13-17(20(27)14-26)12-16-8-10-24-11-9-16/h5-11,17,20,27H,12-14H2,1-4H3,(H,25,29)/t17-,20+/m1/s1. The number of aromatic nitrogens is 1. The lowest BCUT2D eigenvalue weighted by atomic mass is 9.95. The second-order valence-electron chi connectivity index (χ2n) is 8.78. The highest BCUT2D eigenvalue weighted by Crippen LogP contribution is 2.27. The SMILES string of the molecule is Cc1c(NC(=O)C(C)(C)C)cccc1C(=O)N1C[C@@H](Cc2ccncc2)[C@@H](O)C1. The van der Waals surface area contributed by atoms with Gasteiger partial charge in [-0.05, 0) is 48.7 Å². The van der Waals surface area contributed by atoms with Crippen molar-refractivity contribution in [3.05, 3.63) is 59.4 Å². The molecule has 2 N–H and O–H groups in total. The molecule has 0 radical (unpaired) electrons. The van der Waals surface area contributed by atoms with Crippen LogP contribution in [0.1, 0.15) is 42.3 Å². The lowest BCUT2D eigenvalue weighted by Crippen LogP contribution is -2.31. The van der Waals surface area contributed by atoms with E-state index in [4.69, 9.17) is 0 Å². The number of rotatable bonds is 4. The molecular formula is C23H29N3O3. The molecule has 6 heteroatoms. The number of pyridine rings is 1. The van der Waals surface area contributed by atoms with Crippen molar-refractivity contribution in [1.29, 1.82) is 0 Å². The number of hydrogen-bond acceptors (Lipinski definition) is 4. The molecule has 1 aliphatic heterocycles. The van der Waals surface area contributed by atoms with Crippen LogP contribution in [0.4, 0.5) is 5.69 Å². The maximum Gasteiger partial charge on any atom is 0.254 e. The number of anilines is 1. The summed E-state index contributed by atoms with van der Waals surface area (Å²) in [5, 5.41) is 13.4. The van der Waals surface area contributed by atoms with Crippen LogP contribution < -0.4 is 5.32 Å². The molecule has 29 heavy (non-hydrogen) atoms. The fourth-order valence-corrected chi connectivity index (χ4v) is 3.53. The Balaban J connectivity index is 1.74. The van der Waals surface area contributed by atoms with Gasteiger partial charge in [0.25, 0.3) is 5.91 Å². The fourth-order valence-electron chi connectivity index (χ4n) is 3.53. The zero-order valence-electron chi connectivity index (χ0n) is 17.5. The Morgan fingerprint density at radius 1 is 1.17 bits per heavy atom. The van der Waals surface area contributed by atoms with Gasteiger partial charge in [-0.1, -0.05) is 26.8 Å². The largest absolute Gasteiger partial charge is 0.391 e. The van der Waals surface area contributed by atoms with Crippen molar-refractivity contribution in [2.24, 2.45) is 11.3 Å². The third-order valence-electron chi connectivity index (χ3n) is 5.43. The molecule has 2 atom stereocenters. The van der Waals surface area contributed by atoms with Crippen LogP contribution in [-0.4, -0.2) is 46.0 Å². The summed E-state index contributed by atoms with van der Waals surface area (Å²) in [6.07, 6.45) is 3.62. The number of aliphatic hydroxyl groups excluding tert-OH is 1. The molecule has 1 saturated heterocycles. The Morgan fingerprint density at radius 3 is 2.52 bits per heavy atom. The molecule has 1 aromatic heterocycles. The van der Waals surface area contributed by atoms with Crippen molar-refractivity contribution in [2.75, 3.05) is 18.4 Å². The number of aliphatic hydroxyl groups is 1. The predicted molar refractivity (Wildman–Crippen MR) is 113 cm³/mol. The summed E-state index contributed by atoms with van der Waals surface area (Å²) in [5.74, 6) is -0.227. The number of nitrogens with zero attached hydrogens (tertiary/aromatic N) is 2. The third-order valence-corrected chi connectivity index (χ3v) is 5.43. The number of likely N-dealkylation sites (tertiary alicyclic amines) is 1. The second kappa shape index (κ2) is 8.33. The molecule has 0 bridgehead atoms. The smallest absolute Gasteiger partial charge is 0.254 e. The molecule has 154 valence electrons. The van der Waals surface area contributed by atoms with Crippen LogP contribution in [0, 0.1) is 18.3 Å². The van der Waals surface area contributed by atoms with E-state index < -0.39 is 11.5 Å². The maximum atomic E-state index is 13.1. The second-order valence-corrected chi connectivity index (χ2v) is 8.78. The molecule has 6 nitrogen and oxygen atoms in total. The first kappa shape index (κ1) is 21.0. The fraction of sp³-hybridized carbons (Fsp3) is 0.435. The van der Waals surface area contributed by atoms with E-state index in [0.717, 1.165) is 11.1 Å². The van der Waals surface area contributed by atoms with Crippen molar-refractivity contribution >= 4 is 17.5 Å². The summed E-state index contributed by atoms with van der Waals surface area (Å²) in [7, 11) is 0. The molecule has 1 fully saturated rings. The normalized spacial score (nSPS) is 19.3. The van der Waals surface area contributed by atoms with Crippen LogP contribution in [-0.2, 0) is 11.2 Å². The molecule has 0 unspecified atom stereocenters. The molecule has 2 amide bonds. The summed E-state index contributed by atoms with van der Waals surface area (Å²) in [4.78, 5) is 31.2. The van der Waals surface area contributed by atoms with Gasteiger partial charge in [0.2, 0.25) is 5.91 Å². The van der Waals surface area contributed by atoms with E-state index in [0.29, 0.717) is 30.8 Å². The van der Waals surface area contributed by atoms with Gasteiger partial charge in [-0.3, -0.25) is 14.6 Å². The van der Waals surface area contributed by atoms with Crippen molar-refractivity contribution < 1.29 is 14.7 Å². The number of hydrogen-bond donors (Lipinski definition) is 2. The lowest BCUT2D eigenvalue weighted by Gasteiger charge is -2.21.